The first kappa shape index (κ1) is 48.2. The van der Waals surface area contributed by atoms with Gasteiger partial charge in [0.25, 0.3) is 0 Å². The van der Waals surface area contributed by atoms with Gasteiger partial charge in [0.05, 0.1) is 53.7 Å². The Balaban J connectivity index is 1.12. The SMILES string of the molecule is CC[C@@H](C(=O)[C@@H](C)[C@@H](O)[C@H](C)[C@@H]1O[C@@H]([C@@H](CC)C(=O)NCc2ccc(F)cc2)CC[C@@H]1C)[C@H]1O[C@@]2(C=C[C@@H](O)[C@@]3(CC[C@@](C)([C@H]4CC[C@](O)(CC)[C@H](C)O4)O3)O2)[C@H](C)C[C@@H]1C. The summed E-state index contributed by atoms with van der Waals surface area (Å²) in [5, 5.41) is 37.5. The molecule has 5 aliphatic rings. The second kappa shape index (κ2) is 19.0. The average Bonchev–Trinajstić information content (AvgIpc) is 3.59. The van der Waals surface area contributed by atoms with Gasteiger partial charge in [-0.3, -0.25) is 9.59 Å². The maximum atomic E-state index is 14.6. The third-order valence-corrected chi connectivity index (χ3v) is 15.8. The van der Waals surface area contributed by atoms with Crippen LogP contribution in [0, 0.1) is 47.2 Å². The van der Waals surface area contributed by atoms with Gasteiger partial charge in [-0.05, 0) is 113 Å². The molecule has 1 aromatic carbocycles. The van der Waals surface area contributed by atoms with E-state index in [2.05, 4.69) is 26.1 Å². The molecule has 0 saturated carbocycles. The number of halogens is 1. The number of ketones is 1. The summed E-state index contributed by atoms with van der Waals surface area (Å²) in [6.45, 7) is 20.1. The Kier molecular flexibility index (Phi) is 15.0. The molecule has 18 atom stereocenters. The second-order valence-corrected chi connectivity index (χ2v) is 19.9. The zero-order valence-corrected chi connectivity index (χ0v) is 38.4. The quantitative estimate of drug-likeness (QED) is 0.138. The highest BCUT2D eigenvalue weighted by Crippen LogP contribution is 2.54. The normalized spacial score (nSPS) is 41.6. The Hall–Kier alpha value is -2.29. The molecule has 344 valence electrons. The van der Waals surface area contributed by atoms with Crippen molar-refractivity contribution in [1.29, 1.82) is 0 Å². The van der Waals surface area contributed by atoms with Crippen molar-refractivity contribution in [2.24, 2.45) is 41.4 Å². The standard InChI is InChI=1S/C49H76FNO10/c1-11-36(45(55)51-27-34-15-17-35(50)18-16-34)38-19-14-28(4)43(58-38)32(8)41(53)31(7)42(54)37(12-2)44-29(5)26-30(6)48(59-44)23-20-39(52)49(61-48)25-24-46(10,60-49)40-21-22-47(56,13-3)33(9)57-40/h15-18,20,23,28-33,36-41,43-44,52-53,56H,11-14,19,21-22,24-27H2,1-10H3,(H,51,55)/t28-,29-,30+,31-,32-,33-,36+,37-,38+,39+,40+,41+,43+,44-,46-,47+,48+,49+/m0/s1. The fraction of sp³-hybridized carbons (Fsp3) is 0.796. The number of nitrogens with one attached hydrogen (secondary N) is 1. The molecule has 0 radical (unpaired) electrons. The Morgan fingerprint density at radius 3 is 2.23 bits per heavy atom. The Morgan fingerprint density at radius 1 is 0.902 bits per heavy atom. The molecule has 5 heterocycles. The van der Waals surface area contributed by atoms with E-state index in [9.17, 15) is 29.3 Å². The first-order valence-electron chi connectivity index (χ1n) is 23.5. The number of rotatable bonds is 14. The fourth-order valence-corrected chi connectivity index (χ4v) is 11.4. The predicted molar refractivity (Wildman–Crippen MR) is 229 cm³/mol. The summed E-state index contributed by atoms with van der Waals surface area (Å²) in [5.41, 5.74) is -0.840. The number of hydrogen-bond donors (Lipinski definition) is 4. The van der Waals surface area contributed by atoms with E-state index in [0.717, 1.165) is 12.0 Å². The van der Waals surface area contributed by atoms with E-state index < -0.39 is 64.8 Å². The molecule has 61 heavy (non-hydrogen) atoms. The summed E-state index contributed by atoms with van der Waals surface area (Å²) in [5.74, 6) is -5.21. The van der Waals surface area contributed by atoms with Crippen LogP contribution in [0.15, 0.2) is 36.4 Å². The van der Waals surface area contributed by atoms with Gasteiger partial charge in [-0.25, -0.2) is 4.39 Å². The summed E-state index contributed by atoms with van der Waals surface area (Å²) in [6, 6.07) is 6.07. The molecular weight excluding hydrogens is 782 g/mol. The number of carbonyl (C=O) groups is 2. The second-order valence-electron chi connectivity index (χ2n) is 19.9. The molecule has 1 amide bonds. The van der Waals surface area contributed by atoms with Crippen molar-refractivity contribution < 1.29 is 53.0 Å². The summed E-state index contributed by atoms with van der Waals surface area (Å²) in [4.78, 5) is 28.1. The summed E-state index contributed by atoms with van der Waals surface area (Å²) >= 11 is 0. The lowest BCUT2D eigenvalue weighted by Gasteiger charge is -2.54. The molecule has 4 saturated heterocycles. The lowest BCUT2D eigenvalue weighted by Crippen LogP contribution is -2.63. The van der Waals surface area contributed by atoms with E-state index in [1.807, 2.05) is 41.5 Å². The van der Waals surface area contributed by atoms with Gasteiger partial charge in [0.2, 0.25) is 11.7 Å². The van der Waals surface area contributed by atoms with Crippen molar-refractivity contribution in [3.8, 4) is 0 Å². The predicted octanol–water partition coefficient (Wildman–Crippen LogP) is 7.56. The van der Waals surface area contributed by atoms with Crippen LogP contribution in [0.1, 0.15) is 139 Å². The maximum absolute atomic E-state index is 14.6. The van der Waals surface area contributed by atoms with Gasteiger partial charge in [0.15, 0.2) is 5.79 Å². The lowest BCUT2D eigenvalue weighted by molar-refractivity contribution is -0.409. The van der Waals surface area contributed by atoms with Gasteiger partial charge < -0.3 is 44.3 Å². The van der Waals surface area contributed by atoms with Crippen molar-refractivity contribution in [3.63, 3.8) is 0 Å². The highest BCUT2D eigenvalue weighted by molar-refractivity contribution is 5.84. The van der Waals surface area contributed by atoms with Crippen molar-refractivity contribution in [2.45, 2.75) is 205 Å². The molecular formula is C49H76FNO10. The average molecular weight is 858 g/mol. The molecule has 5 aliphatic heterocycles. The molecule has 1 aromatic rings. The number of ether oxygens (including phenoxy) is 5. The molecule has 0 unspecified atom stereocenters. The number of aliphatic hydroxyl groups excluding tert-OH is 2. The van der Waals surface area contributed by atoms with Crippen molar-refractivity contribution in [3.05, 3.63) is 47.8 Å². The Morgan fingerprint density at radius 2 is 1.59 bits per heavy atom. The van der Waals surface area contributed by atoms with Crippen molar-refractivity contribution in [1.82, 2.24) is 5.32 Å². The number of Topliss-reactive ketones (excluding diaryl/α,β-unsaturated/α-hetero) is 1. The topological polar surface area (TPSA) is 153 Å². The van der Waals surface area contributed by atoms with Crippen LogP contribution < -0.4 is 5.32 Å². The smallest absolute Gasteiger partial charge is 0.225 e. The van der Waals surface area contributed by atoms with Gasteiger partial charge in [0, 0.05) is 36.6 Å². The van der Waals surface area contributed by atoms with Crippen LogP contribution in [-0.4, -0.2) is 92.5 Å². The monoisotopic (exact) mass is 858 g/mol. The van der Waals surface area contributed by atoms with Crippen LogP contribution in [-0.2, 0) is 39.8 Å². The van der Waals surface area contributed by atoms with Crippen LogP contribution in [0.5, 0.6) is 0 Å². The van der Waals surface area contributed by atoms with Crippen LogP contribution >= 0.6 is 0 Å². The van der Waals surface area contributed by atoms with E-state index in [-0.39, 0.29) is 59.7 Å². The molecule has 4 fully saturated rings. The van der Waals surface area contributed by atoms with E-state index in [4.69, 9.17) is 23.7 Å². The highest BCUT2D eigenvalue weighted by atomic mass is 19.1. The van der Waals surface area contributed by atoms with Crippen molar-refractivity contribution >= 4 is 11.7 Å². The third-order valence-electron chi connectivity index (χ3n) is 15.8. The van der Waals surface area contributed by atoms with E-state index in [1.54, 1.807) is 31.2 Å². The van der Waals surface area contributed by atoms with Crippen LogP contribution in [0.2, 0.25) is 0 Å². The van der Waals surface area contributed by atoms with Crippen LogP contribution in [0.3, 0.4) is 0 Å². The first-order chi connectivity index (χ1) is 28.8. The summed E-state index contributed by atoms with van der Waals surface area (Å²) < 4.78 is 47.3. The van der Waals surface area contributed by atoms with Crippen molar-refractivity contribution in [2.75, 3.05) is 0 Å². The number of carbonyl (C=O) groups excluding carboxylic acids is 2. The molecule has 6 rings (SSSR count). The molecule has 0 aromatic heterocycles. The van der Waals surface area contributed by atoms with Gasteiger partial charge >= 0.3 is 0 Å². The molecule has 2 spiro atoms. The van der Waals surface area contributed by atoms with E-state index in [1.165, 1.54) is 12.1 Å². The zero-order chi connectivity index (χ0) is 44.7. The maximum Gasteiger partial charge on any atom is 0.225 e. The molecule has 0 aliphatic carbocycles. The summed E-state index contributed by atoms with van der Waals surface area (Å²) in [6.07, 6.45) is 5.72. The minimum Gasteiger partial charge on any atom is -0.392 e. The number of benzene rings is 1. The first-order valence-corrected chi connectivity index (χ1v) is 23.5. The van der Waals surface area contributed by atoms with E-state index in [0.29, 0.717) is 64.3 Å². The molecule has 4 N–H and O–H groups in total. The van der Waals surface area contributed by atoms with Gasteiger partial charge in [0.1, 0.15) is 17.7 Å². The Labute approximate surface area is 363 Å². The van der Waals surface area contributed by atoms with E-state index >= 15 is 0 Å². The number of amides is 1. The number of hydrogen-bond acceptors (Lipinski definition) is 10. The molecule has 0 bridgehead atoms. The largest absolute Gasteiger partial charge is 0.392 e. The zero-order valence-electron chi connectivity index (χ0n) is 38.4. The molecule has 12 heteroatoms. The fourth-order valence-electron chi connectivity index (χ4n) is 11.4. The number of aliphatic hydroxyl groups is 3. The highest BCUT2D eigenvalue weighted by Gasteiger charge is 2.63. The minimum atomic E-state index is -1.38. The van der Waals surface area contributed by atoms with Crippen LogP contribution in [0.4, 0.5) is 4.39 Å². The lowest BCUT2D eigenvalue weighted by atomic mass is 9.72. The summed E-state index contributed by atoms with van der Waals surface area (Å²) in [7, 11) is 0. The molecule has 11 nitrogen and oxygen atoms in total. The third kappa shape index (κ3) is 9.58. The van der Waals surface area contributed by atoms with Crippen LogP contribution in [0.25, 0.3) is 0 Å². The minimum absolute atomic E-state index is 0.00272. The Bertz CT molecular complexity index is 1690. The van der Waals surface area contributed by atoms with Gasteiger partial charge in [-0.15, -0.1) is 0 Å². The van der Waals surface area contributed by atoms with Gasteiger partial charge in [-0.2, -0.15) is 0 Å². The van der Waals surface area contributed by atoms with Gasteiger partial charge in [-0.1, -0.05) is 67.5 Å².